The highest BCUT2D eigenvalue weighted by atomic mass is 79.9. The van der Waals surface area contributed by atoms with Gasteiger partial charge in [-0.05, 0) is 28.1 Å². The average molecular weight is 335 g/mol. The zero-order chi connectivity index (χ0) is 13.9. The summed E-state index contributed by atoms with van der Waals surface area (Å²) in [6.07, 6.45) is 1.79. The van der Waals surface area contributed by atoms with Gasteiger partial charge in [-0.3, -0.25) is 4.98 Å². The molecular weight excluding hydrogens is 320 g/mol. The molecule has 0 unspecified atom stereocenters. The second kappa shape index (κ2) is 5.66. The number of hydrogen-bond acceptors (Lipinski definition) is 3. The molecule has 0 atom stereocenters. The van der Waals surface area contributed by atoms with Gasteiger partial charge in [0.15, 0.2) is 0 Å². The summed E-state index contributed by atoms with van der Waals surface area (Å²) in [4.78, 5) is 17.7. The molecule has 3 rings (SSSR count). The van der Waals surface area contributed by atoms with Crippen molar-refractivity contribution in [1.82, 2.24) is 15.2 Å². The quantitative estimate of drug-likeness (QED) is 0.902. The summed E-state index contributed by atoms with van der Waals surface area (Å²) in [5.41, 5.74) is 1.94. The Morgan fingerprint density at radius 3 is 3.15 bits per heavy atom. The van der Waals surface area contributed by atoms with Crippen molar-refractivity contribution in [1.29, 1.82) is 0 Å². The maximum absolute atomic E-state index is 11.4. The van der Waals surface area contributed by atoms with Crippen molar-refractivity contribution in [2.45, 2.75) is 0 Å². The topological polar surface area (TPSA) is 57.3 Å². The van der Waals surface area contributed by atoms with Crippen LogP contribution < -0.4 is 10.6 Å². The number of fused-ring (bicyclic) bond motifs is 1. The molecule has 6 heteroatoms. The van der Waals surface area contributed by atoms with E-state index in [0.717, 1.165) is 34.2 Å². The van der Waals surface area contributed by atoms with Crippen molar-refractivity contribution in [3.05, 3.63) is 34.9 Å². The lowest BCUT2D eigenvalue weighted by atomic mass is 10.2. The van der Waals surface area contributed by atoms with Crippen LogP contribution in [0.2, 0.25) is 0 Å². The summed E-state index contributed by atoms with van der Waals surface area (Å²) in [5.74, 6) is 0. The van der Waals surface area contributed by atoms with Crippen LogP contribution in [0.15, 0.2) is 34.9 Å². The van der Waals surface area contributed by atoms with E-state index in [1.54, 1.807) is 6.20 Å². The molecule has 2 aromatic rings. The Morgan fingerprint density at radius 2 is 2.35 bits per heavy atom. The lowest BCUT2D eigenvalue weighted by molar-refractivity contribution is 0.219. The van der Waals surface area contributed by atoms with E-state index in [1.165, 1.54) is 0 Å². The molecule has 1 aromatic heterocycles. The molecular formula is C14H15BrN4O. The van der Waals surface area contributed by atoms with Crippen molar-refractivity contribution < 1.29 is 4.79 Å². The Kier molecular flexibility index (Phi) is 3.73. The Bertz CT molecular complexity index is 646. The largest absolute Gasteiger partial charge is 0.382 e. The summed E-state index contributed by atoms with van der Waals surface area (Å²) in [6.45, 7) is 2.92. The molecule has 1 aromatic carbocycles. The van der Waals surface area contributed by atoms with E-state index in [4.69, 9.17) is 0 Å². The van der Waals surface area contributed by atoms with Crippen molar-refractivity contribution in [3.63, 3.8) is 0 Å². The van der Waals surface area contributed by atoms with Crippen LogP contribution in [0.5, 0.6) is 0 Å². The van der Waals surface area contributed by atoms with Crippen LogP contribution in [-0.2, 0) is 0 Å². The first kappa shape index (κ1) is 13.2. The molecule has 1 fully saturated rings. The van der Waals surface area contributed by atoms with Gasteiger partial charge in [0.2, 0.25) is 0 Å². The third-order valence-electron chi connectivity index (χ3n) is 3.32. The number of pyridine rings is 1. The molecule has 1 saturated heterocycles. The molecule has 0 spiro atoms. The minimum Gasteiger partial charge on any atom is -0.382 e. The zero-order valence-corrected chi connectivity index (χ0v) is 12.5. The summed E-state index contributed by atoms with van der Waals surface area (Å²) in [5, 5.41) is 7.24. The minimum atomic E-state index is 0.0202. The Morgan fingerprint density at radius 1 is 1.45 bits per heavy atom. The predicted molar refractivity (Wildman–Crippen MR) is 82.9 cm³/mol. The third-order valence-corrected chi connectivity index (χ3v) is 3.75. The van der Waals surface area contributed by atoms with E-state index in [-0.39, 0.29) is 6.03 Å². The van der Waals surface area contributed by atoms with Gasteiger partial charge in [0.05, 0.1) is 11.2 Å². The molecule has 5 nitrogen and oxygen atoms in total. The first-order valence-electron chi connectivity index (χ1n) is 6.55. The monoisotopic (exact) mass is 334 g/mol. The normalized spacial score (nSPS) is 14.7. The number of amides is 2. The smallest absolute Gasteiger partial charge is 0.317 e. The SMILES string of the molecule is O=C1NCCN1CCNc1cccc2cc(Br)cnc12. The third kappa shape index (κ3) is 2.70. The number of benzene rings is 1. The number of carbonyl (C=O) groups excluding carboxylic acids is 1. The van der Waals surface area contributed by atoms with Gasteiger partial charge in [0, 0.05) is 42.2 Å². The molecule has 104 valence electrons. The molecule has 1 aliphatic rings. The number of nitrogens with one attached hydrogen (secondary N) is 2. The first-order chi connectivity index (χ1) is 9.74. The van der Waals surface area contributed by atoms with Gasteiger partial charge in [0.1, 0.15) is 0 Å². The van der Waals surface area contributed by atoms with Crippen LogP contribution in [0.25, 0.3) is 10.9 Å². The van der Waals surface area contributed by atoms with E-state index < -0.39 is 0 Å². The lowest BCUT2D eigenvalue weighted by Gasteiger charge is -2.15. The minimum absolute atomic E-state index is 0.0202. The number of halogens is 1. The van der Waals surface area contributed by atoms with Crippen LogP contribution >= 0.6 is 15.9 Å². The van der Waals surface area contributed by atoms with Gasteiger partial charge in [-0.1, -0.05) is 12.1 Å². The van der Waals surface area contributed by atoms with Crippen LogP contribution in [0.3, 0.4) is 0 Å². The van der Waals surface area contributed by atoms with E-state index in [2.05, 4.69) is 31.5 Å². The molecule has 2 heterocycles. The Labute approximate surface area is 125 Å². The second-order valence-corrected chi connectivity index (χ2v) is 5.59. The van der Waals surface area contributed by atoms with Crippen LogP contribution in [0, 0.1) is 0 Å². The number of anilines is 1. The summed E-state index contributed by atoms with van der Waals surface area (Å²) in [6, 6.07) is 8.11. The van der Waals surface area contributed by atoms with Crippen LogP contribution in [0.4, 0.5) is 10.5 Å². The fourth-order valence-corrected chi connectivity index (χ4v) is 2.68. The highest BCUT2D eigenvalue weighted by molar-refractivity contribution is 9.10. The molecule has 0 bridgehead atoms. The van der Waals surface area contributed by atoms with Gasteiger partial charge in [-0.2, -0.15) is 0 Å². The highest BCUT2D eigenvalue weighted by Crippen LogP contribution is 2.23. The van der Waals surface area contributed by atoms with Gasteiger partial charge < -0.3 is 15.5 Å². The highest BCUT2D eigenvalue weighted by Gasteiger charge is 2.18. The van der Waals surface area contributed by atoms with E-state index in [0.29, 0.717) is 13.1 Å². The predicted octanol–water partition coefficient (Wildman–Crippen LogP) is 2.43. The van der Waals surface area contributed by atoms with Crippen molar-refractivity contribution >= 4 is 38.6 Å². The van der Waals surface area contributed by atoms with Gasteiger partial charge in [-0.15, -0.1) is 0 Å². The molecule has 20 heavy (non-hydrogen) atoms. The number of hydrogen-bond donors (Lipinski definition) is 2. The average Bonchev–Trinajstić information content (AvgIpc) is 2.84. The second-order valence-electron chi connectivity index (χ2n) is 4.68. The lowest BCUT2D eigenvalue weighted by Crippen LogP contribution is -2.32. The summed E-state index contributed by atoms with van der Waals surface area (Å²) >= 11 is 3.43. The van der Waals surface area contributed by atoms with Crippen molar-refractivity contribution in [3.8, 4) is 0 Å². The number of para-hydroxylation sites is 1. The Hall–Kier alpha value is -1.82. The molecule has 2 N–H and O–H groups in total. The number of aromatic nitrogens is 1. The first-order valence-corrected chi connectivity index (χ1v) is 7.34. The van der Waals surface area contributed by atoms with E-state index in [9.17, 15) is 4.79 Å². The summed E-state index contributed by atoms with van der Waals surface area (Å²) < 4.78 is 0.968. The standard InChI is InChI=1S/C14H15BrN4O/c15-11-8-10-2-1-3-12(13(10)18-9-11)16-4-6-19-7-5-17-14(19)20/h1-3,8-9,16H,4-7H2,(H,17,20). The number of rotatable bonds is 4. The van der Waals surface area contributed by atoms with Crippen LogP contribution in [-0.4, -0.2) is 42.1 Å². The number of nitrogens with zero attached hydrogens (tertiary/aromatic N) is 2. The van der Waals surface area contributed by atoms with Gasteiger partial charge >= 0.3 is 6.03 Å². The van der Waals surface area contributed by atoms with Crippen LogP contribution in [0.1, 0.15) is 0 Å². The Balaban J connectivity index is 1.69. The molecule has 2 amide bonds. The summed E-state index contributed by atoms with van der Waals surface area (Å²) in [7, 11) is 0. The zero-order valence-electron chi connectivity index (χ0n) is 10.9. The number of carbonyl (C=O) groups is 1. The molecule has 1 aliphatic heterocycles. The molecule has 0 aliphatic carbocycles. The van der Waals surface area contributed by atoms with Crippen molar-refractivity contribution in [2.75, 3.05) is 31.5 Å². The fourth-order valence-electron chi connectivity index (χ4n) is 2.33. The molecule has 0 saturated carbocycles. The number of urea groups is 1. The molecule has 0 radical (unpaired) electrons. The maximum atomic E-state index is 11.4. The van der Waals surface area contributed by atoms with Gasteiger partial charge in [-0.25, -0.2) is 4.79 Å². The van der Waals surface area contributed by atoms with Gasteiger partial charge in [0.25, 0.3) is 0 Å². The van der Waals surface area contributed by atoms with Crippen molar-refractivity contribution in [2.24, 2.45) is 0 Å². The maximum Gasteiger partial charge on any atom is 0.317 e. The fraction of sp³-hybridized carbons (Fsp3) is 0.286. The van der Waals surface area contributed by atoms with E-state index >= 15 is 0 Å². The van der Waals surface area contributed by atoms with E-state index in [1.807, 2.05) is 29.2 Å².